The van der Waals surface area contributed by atoms with Crippen molar-refractivity contribution in [1.29, 1.82) is 0 Å². The maximum Gasteiger partial charge on any atom is 0.239 e. The standard InChI is InChI=1S/C25H29Cl2N5O/c1-17(20-7-5-18(26)14-21(20)27)32-16-29-22-8-6-19(15-24(22)32)30-10-12-31(13-11-30)25(33)23-4-2-3-9-28-23/h5-8,14-17,23,28H,2-4,9-13H2,1H3. The second kappa shape index (κ2) is 9.53. The number of nitrogens with zero attached hydrogens (tertiary/aromatic N) is 4. The molecule has 0 aliphatic carbocycles. The predicted molar refractivity (Wildman–Crippen MR) is 134 cm³/mol. The van der Waals surface area contributed by atoms with Crippen LogP contribution < -0.4 is 10.2 Å². The van der Waals surface area contributed by atoms with Crippen LogP contribution in [0.3, 0.4) is 0 Å². The summed E-state index contributed by atoms with van der Waals surface area (Å²) in [6.45, 7) is 6.24. The van der Waals surface area contributed by atoms with Gasteiger partial charge in [-0.15, -0.1) is 0 Å². The van der Waals surface area contributed by atoms with E-state index in [9.17, 15) is 4.79 Å². The van der Waals surface area contributed by atoms with Gasteiger partial charge in [-0.3, -0.25) is 4.79 Å². The second-order valence-electron chi connectivity index (χ2n) is 8.98. The molecule has 2 aliphatic heterocycles. The van der Waals surface area contributed by atoms with Crippen molar-refractivity contribution in [3.63, 3.8) is 0 Å². The van der Waals surface area contributed by atoms with E-state index in [-0.39, 0.29) is 18.0 Å². The monoisotopic (exact) mass is 485 g/mol. The van der Waals surface area contributed by atoms with Crippen LogP contribution in [0.4, 0.5) is 5.69 Å². The summed E-state index contributed by atoms with van der Waals surface area (Å²) in [5, 5.41) is 4.67. The number of halogens is 2. The number of piperazine rings is 1. The second-order valence-corrected chi connectivity index (χ2v) is 9.83. The van der Waals surface area contributed by atoms with Crippen LogP contribution in [-0.4, -0.2) is 59.1 Å². The van der Waals surface area contributed by atoms with E-state index in [4.69, 9.17) is 23.2 Å². The van der Waals surface area contributed by atoms with Crippen molar-refractivity contribution in [1.82, 2.24) is 19.8 Å². The third kappa shape index (κ3) is 4.57. The van der Waals surface area contributed by atoms with Crippen LogP contribution in [0.5, 0.6) is 0 Å². The van der Waals surface area contributed by atoms with E-state index in [1.807, 2.05) is 23.4 Å². The lowest BCUT2D eigenvalue weighted by Gasteiger charge is -2.38. The fraction of sp³-hybridized carbons (Fsp3) is 0.440. The van der Waals surface area contributed by atoms with Crippen LogP contribution in [0.25, 0.3) is 11.0 Å². The number of piperidine rings is 1. The molecule has 0 saturated carbocycles. The van der Waals surface area contributed by atoms with E-state index in [1.165, 1.54) is 6.42 Å². The molecule has 0 radical (unpaired) electrons. The third-order valence-electron chi connectivity index (χ3n) is 6.95. The highest BCUT2D eigenvalue weighted by Gasteiger charge is 2.28. The lowest BCUT2D eigenvalue weighted by atomic mass is 10.0. The van der Waals surface area contributed by atoms with E-state index < -0.39 is 0 Å². The highest BCUT2D eigenvalue weighted by molar-refractivity contribution is 6.35. The Morgan fingerprint density at radius 1 is 1.09 bits per heavy atom. The SMILES string of the molecule is CC(c1ccc(Cl)cc1Cl)n1cnc2ccc(N3CCN(C(=O)C4CCCCN4)CC3)cc21. The Labute approximate surface area is 204 Å². The summed E-state index contributed by atoms with van der Waals surface area (Å²) in [4.78, 5) is 21.8. The molecule has 1 aromatic heterocycles. The molecule has 1 amide bonds. The number of anilines is 1. The first kappa shape index (κ1) is 22.5. The van der Waals surface area contributed by atoms with Crippen LogP contribution in [0.1, 0.15) is 37.8 Å². The minimum atomic E-state index is -0.00261. The number of rotatable bonds is 4. The lowest BCUT2D eigenvalue weighted by Crippen LogP contribution is -2.55. The summed E-state index contributed by atoms with van der Waals surface area (Å²) in [5.74, 6) is 0.261. The van der Waals surface area contributed by atoms with E-state index >= 15 is 0 Å². The lowest BCUT2D eigenvalue weighted by molar-refractivity contribution is -0.134. The molecule has 2 aromatic carbocycles. The predicted octanol–water partition coefficient (Wildman–Crippen LogP) is 4.74. The first-order valence-corrected chi connectivity index (χ1v) is 12.5. The highest BCUT2D eigenvalue weighted by Crippen LogP contribution is 2.32. The van der Waals surface area contributed by atoms with E-state index in [1.54, 1.807) is 6.07 Å². The highest BCUT2D eigenvalue weighted by atomic mass is 35.5. The van der Waals surface area contributed by atoms with Gasteiger partial charge in [-0.1, -0.05) is 35.7 Å². The molecule has 2 unspecified atom stereocenters. The molecule has 0 spiro atoms. The van der Waals surface area contributed by atoms with Crippen LogP contribution >= 0.6 is 23.2 Å². The Balaban J connectivity index is 1.32. The van der Waals surface area contributed by atoms with Crippen molar-refractivity contribution in [2.75, 3.05) is 37.6 Å². The number of hydrogen-bond acceptors (Lipinski definition) is 4. The minimum Gasteiger partial charge on any atom is -0.368 e. The largest absolute Gasteiger partial charge is 0.368 e. The van der Waals surface area contributed by atoms with Gasteiger partial charge in [-0.25, -0.2) is 4.98 Å². The average molecular weight is 486 g/mol. The molecule has 3 aromatic rings. The Morgan fingerprint density at radius 2 is 1.91 bits per heavy atom. The molecule has 0 bridgehead atoms. The number of benzene rings is 2. The number of nitrogens with one attached hydrogen (secondary N) is 1. The van der Waals surface area contributed by atoms with Crippen molar-refractivity contribution < 1.29 is 4.79 Å². The summed E-state index contributed by atoms with van der Waals surface area (Å²) in [6.07, 6.45) is 5.13. The summed E-state index contributed by atoms with van der Waals surface area (Å²) in [5.41, 5.74) is 4.18. The number of imidazole rings is 1. The van der Waals surface area contributed by atoms with Gasteiger partial charge in [0, 0.05) is 41.9 Å². The van der Waals surface area contributed by atoms with Crippen molar-refractivity contribution in [3.8, 4) is 0 Å². The van der Waals surface area contributed by atoms with E-state index in [0.717, 1.165) is 67.8 Å². The normalized spacial score (nSPS) is 20.3. The van der Waals surface area contributed by atoms with E-state index in [2.05, 4.69) is 44.9 Å². The minimum absolute atomic E-state index is 0.00261. The fourth-order valence-electron chi connectivity index (χ4n) is 4.98. The topological polar surface area (TPSA) is 53.4 Å². The molecule has 6 nitrogen and oxygen atoms in total. The van der Waals surface area contributed by atoms with Crippen LogP contribution in [0.15, 0.2) is 42.7 Å². The van der Waals surface area contributed by atoms with Gasteiger partial charge < -0.3 is 19.7 Å². The fourth-order valence-corrected chi connectivity index (χ4v) is 5.54. The molecular weight excluding hydrogens is 457 g/mol. The molecule has 174 valence electrons. The Hall–Kier alpha value is -2.28. The van der Waals surface area contributed by atoms with Gasteiger partial charge >= 0.3 is 0 Å². The average Bonchev–Trinajstić information content (AvgIpc) is 3.27. The Kier molecular flexibility index (Phi) is 6.50. The molecule has 1 N–H and O–H groups in total. The van der Waals surface area contributed by atoms with Gasteiger partial charge in [-0.05, 0) is 62.2 Å². The quantitative estimate of drug-likeness (QED) is 0.579. The van der Waals surface area contributed by atoms with Crippen LogP contribution in [0, 0.1) is 0 Å². The summed E-state index contributed by atoms with van der Waals surface area (Å²) in [6, 6.07) is 12.0. The van der Waals surface area contributed by atoms with Gasteiger partial charge in [0.05, 0.1) is 29.4 Å². The van der Waals surface area contributed by atoms with Gasteiger partial charge in [0.1, 0.15) is 0 Å². The number of fused-ring (bicyclic) bond motifs is 1. The molecule has 5 rings (SSSR count). The summed E-state index contributed by atoms with van der Waals surface area (Å²) in [7, 11) is 0. The third-order valence-corrected chi connectivity index (χ3v) is 7.52. The zero-order valence-corrected chi connectivity index (χ0v) is 20.3. The van der Waals surface area contributed by atoms with Gasteiger partial charge in [-0.2, -0.15) is 0 Å². The first-order valence-electron chi connectivity index (χ1n) is 11.7. The molecule has 2 aliphatic rings. The van der Waals surface area contributed by atoms with Gasteiger partial charge in [0.2, 0.25) is 5.91 Å². The molecule has 2 saturated heterocycles. The molecular formula is C25H29Cl2N5O. The number of hydrogen-bond donors (Lipinski definition) is 1. The van der Waals surface area contributed by atoms with Crippen molar-refractivity contribution in [2.24, 2.45) is 0 Å². The van der Waals surface area contributed by atoms with E-state index in [0.29, 0.717) is 10.0 Å². The van der Waals surface area contributed by atoms with Crippen molar-refractivity contribution in [2.45, 2.75) is 38.3 Å². The number of aromatic nitrogens is 2. The number of carbonyl (C=O) groups excluding carboxylic acids is 1. The Morgan fingerprint density at radius 3 is 2.64 bits per heavy atom. The smallest absolute Gasteiger partial charge is 0.239 e. The maximum absolute atomic E-state index is 12.9. The van der Waals surface area contributed by atoms with Gasteiger partial charge in [0.25, 0.3) is 0 Å². The van der Waals surface area contributed by atoms with Crippen LogP contribution in [-0.2, 0) is 4.79 Å². The molecule has 2 fully saturated rings. The Bertz CT molecular complexity index is 1150. The van der Waals surface area contributed by atoms with Gasteiger partial charge in [0.15, 0.2) is 0 Å². The van der Waals surface area contributed by atoms with Crippen molar-refractivity contribution in [3.05, 3.63) is 58.3 Å². The number of amides is 1. The van der Waals surface area contributed by atoms with Crippen LogP contribution in [0.2, 0.25) is 10.0 Å². The zero-order chi connectivity index (χ0) is 22.9. The maximum atomic E-state index is 12.9. The number of carbonyl (C=O) groups is 1. The summed E-state index contributed by atoms with van der Waals surface area (Å²) < 4.78 is 2.16. The zero-order valence-electron chi connectivity index (χ0n) is 18.8. The van der Waals surface area contributed by atoms with Crippen molar-refractivity contribution >= 4 is 45.8 Å². The first-order chi connectivity index (χ1) is 16.0. The molecule has 3 heterocycles. The summed E-state index contributed by atoms with van der Waals surface area (Å²) >= 11 is 12.6. The molecule has 8 heteroatoms. The molecule has 33 heavy (non-hydrogen) atoms. The molecule has 2 atom stereocenters.